The van der Waals surface area contributed by atoms with E-state index in [4.69, 9.17) is 4.74 Å². The Kier molecular flexibility index (Phi) is 17.2. The van der Waals surface area contributed by atoms with Gasteiger partial charge in [0.25, 0.3) is 0 Å². The highest BCUT2D eigenvalue weighted by molar-refractivity contribution is 5.98. The van der Waals surface area contributed by atoms with Crippen LogP contribution in [0.3, 0.4) is 0 Å². The molecule has 2 heterocycles. The van der Waals surface area contributed by atoms with Crippen LogP contribution in [0.4, 0.5) is 0 Å². The van der Waals surface area contributed by atoms with Crippen LogP contribution in [0.25, 0.3) is 0 Å². The minimum atomic E-state index is -0.896. The van der Waals surface area contributed by atoms with Gasteiger partial charge in [-0.3, -0.25) is 24.0 Å². The van der Waals surface area contributed by atoms with Crippen molar-refractivity contribution in [1.82, 2.24) is 20.4 Å². The molecule has 10 heteroatoms. The van der Waals surface area contributed by atoms with E-state index in [0.29, 0.717) is 45.1 Å². The molecule has 0 spiro atoms. The first-order valence-electron chi connectivity index (χ1n) is 20.5. The van der Waals surface area contributed by atoms with Crippen LogP contribution in [-0.2, 0) is 41.6 Å². The molecule has 55 heavy (non-hydrogen) atoms. The Labute approximate surface area is 329 Å². The highest BCUT2D eigenvalue weighted by Crippen LogP contribution is 2.30. The van der Waals surface area contributed by atoms with E-state index in [-0.39, 0.29) is 53.8 Å². The Morgan fingerprint density at radius 1 is 0.745 bits per heavy atom. The Morgan fingerprint density at radius 3 is 1.87 bits per heavy atom. The molecule has 0 radical (unpaired) electrons. The van der Waals surface area contributed by atoms with Gasteiger partial charge < -0.3 is 25.2 Å². The van der Waals surface area contributed by atoms with E-state index in [0.717, 1.165) is 50.3 Å². The number of hydrogen-bond donors (Lipinski definition) is 2. The van der Waals surface area contributed by atoms with E-state index in [1.54, 1.807) is 6.92 Å². The summed E-state index contributed by atoms with van der Waals surface area (Å²) in [6, 6.07) is 17.9. The summed E-state index contributed by atoms with van der Waals surface area (Å²) < 4.78 is 5.44. The number of carbonyl (C=O) groups is 5. The molecule has 302 valence electrons. The largest absolute Gasteiger partial charge is 0.361 e. The predicted octanol–water partition coefficient (Wildman–Crippen LogP) is 5.46. The molecule has 2 fully saturated rings. The van der Waals surface area contributed by atoms with Gasteiger partial charge >= 0.3 is 0 Å². The van der Waals surface area contributed by atoms with Crippen molar-refractivity contribution in [2.24, 2.45) is 23.7 Å². The van der Waals surface area contributed by atoms with Crippen LogP contribution >= 0.6 is 0 Å². The topological polar surface area (TPSA) is 128 Å². The first kappa shape index (κ1) is 44.0. The summed E-state index contributed by atoms with van der Waals surface area (Å²) in [7, 11) is 2.13. The van der Waals surface area contributed by atoms with Gasteiger partial charge in [0.1, 0.15) is 11.4 Å². The number of likely N-dealkylation sites (N-methyl/N-ethyl adjacent to an activating group) is 1. The van der Waals surface area contributed by atoms with Gasteiger partial charge in [-0.05, 0) is 82.0 Å². The third-order valence-corrected chi connectivity index (χ3v) is 11.0. The van der Waals surface area contributed by atoms with Crippen molar-refractivity contribution in [2.75, 3.05) is 46.4 Å². The summed E-state index contributed by atoms with van der Waals surface area (Å²) in [6.45, 7) is 15.0. The highest BCUT2D eigenvalue weighted by atomic mass is 16.6. The van der Waals surface area contributed by atoms with Crippen molar-refractivity contribution in [2.45, 2.75) is 110 Å². The third-order valence-electron chi connectivity index (χ3n) is 11.0. The van der Waals surface area contributed by atoms with Crippen LogP contribution in [-0.4, -0.2) is 103 Å². The summed E-state index contributed by atoms with van der Waals surface area (Å²) in [4.78, 5) is 73.9. The Balaban J connectivity index is 1.47. The number of aryl methyl sites for hydroxylation is 1. The molecule has 2 aromatic rings. The fourth-order valence-corrected chi connectivity index (χ4v) is 7.44. The maximum atomic E-state index is 14.3. The third kappa shape index (κ3) is 15.0. The number of ether oxygens (including phenoxy) is 1. The standard InChI is InChI=1S/C45H66N4O6/c1-32(2)26-39(41(51)30-37(28-35-16-11-8-12-17-35)44(54)47-40(27-33(3)4)42(52)45(5)31-55-45)46-43(53)36(20-19-34-14-9-7-10-15-34)29-38(50)18-13-21-49-24-22-48(6)23-25-49/h7-12,14-17,32-33,36-37,39-40H,13,18-31H2,1-6H3,(H,46,53)(H,47,54)/t36-,37-,39+,40+,45-/m1/s1. The molecule has 10 nitrogen and oxygen atoms in total. The SMILES string of the molecule is CC(C)C[C@H](NC(=O)[C@H](CCc1ccccc1)CC(=O)CCCN1CCN(C)CC1)C(=O)C[C@@H](Cc1ccccc1)C(=O)N[C@@H](CC(C)C)C(=O)[C@@]1(C)CO1. The molecule has 0 unspecified atom stereocenters. The zero-order valence-corrected chi connectivity index (χ0v) is 34.2. The first-order valence-corrected chi connectivity index (χ1v) is 20.5. The number of epoxide rings is 1. The summed E-state index contributed by atoms with van der Waals surface area (Å²) in [5, 5.41) is 6.07. The maximum Gasteiger partial charge on any atom is 0.224 e. The molecule has 0 saturated carbocycles. The molecule has 5 atom stereocenters. The van der Waals surface area contributed by atoms with E-state index in [1.165, 1.54) is 0 Å². The molecule has 2 saturated heterocycles. The molecule has 4 rings (SSSR count). The average molecular weight is 759 g/mol. The van der Waals surface area contributed by atoms with Crippen LogP contribution < -0.4 is 10.6 Å². The molecule has 2 amide bonds. The van der Waals surface area contributed by atoms with Gasteiger partial charge in [-0.2, -0.15) is 0 Å². The van der Waals surface area contributed by atoms with Crippen LogP contribution in [0.1, 0.15) is 90.7 Å². The summed E-state index contributed by atoms with van der Waals surface area (Å²) in [5.41, 5.74) is 1.09. The molecule has 2 N–H and O–H groups in total. The smallest absolute Gasteiger partial charge is 0.224 e. The molecule has 2 aliphatic heterocycles. The van der Waals surface area contributed by atoms with Crippen molar-refractivity contribution >= 4 is 29.2 Å². The molecular weight excluding hydrogens is 693 g/mol. The Hall–Kier alpha value is -3.73. The van der Waals surface area contributed by atoms with E-state index < -0.39 is 29.5 Å². The Bertz CT molecular complexity index is 1530. The Morgan fingerprint density at radius 2 is 1.29 bits per heavy atom. The minimum Gasteiger partial charge on any atom is -0.361 e. The maximum absolute atomic E-state index is 14.3. The summed E-state index contributed by atoms with van der Waals surface area (Å²) in [6.07, 6.45) is 3.47. The van der Waals surface area contributed by atoms with Crippen LogP contribution in [0.15, 0.2) is 60.7 Å². The van der Waals surface area contributed by atoms with E-state index in [1.807, 2.05) is 88.4 Å². The van der Waals surface area contributed by atoms with E-state index in [2.05, 4.69) is 27.5 Å². The summed E-state index contributed by atoms with van der Waals surface area (Å²) in [5.74, 6) is -2.10. The second kappa shape index (κ2) is 21.5. The van der Waals surface area contributed by atoms with Crippen molar-refractivity contribution in [1.29, 1.82) is 0 Å². The molecule has 2 aliphatic rings. The lowest BCUT2D eigenvalue weighted by atomic mass is 9.87. The van der Waals surface area contributed by atoms with Crippen LogP contribution in [0.2, 0.25) is 0 Å². The monoisotopic (exact) mass is 758 g/mol. The molecule has 0 aliphatic carbocycles. The number of Topliss-reactive ketones (excluding diaryl/α,β-unsaturated/α-hetero) is 3. The number of carbonyl (C=O) groups excluding carboxylic acids is 5. The second-order valence-corrected chi connectivity index (χ2v) is 17.0. The van der Waals surface area contributed by atoms with Gasteiger partial charge in [-0.15, -0.1) is 0 Å². The quantitative estimate of drug-likeness (QED) is 0.135. The van der Waals surface area contributed by atoms with Crippen molar-refractivity contribution in [3.8, 4) is 0 Å². The minimum absolute atomic E-state index is 0.0598. The van der Waals surface area contributed by atoms with E-state index in [9.17, 15) is 24.0 Å². The number of hydrogen-bond acceptors (Lipinski definition) is 8. The van der Waals surface area contributed by atoms with Crippen molar-refractivity contribution < 1.29 is 28.7 Å². The normalized spacial score (nSPS) is 19.7. The molecule has 2 aromatic carbocycles. The van der Waals surface area contributed by atoms with Gasteiger partial charge in [-0.1, -0.05) is 88.4 Å². The fraction of sp³-hybridized carbons (Fsp3) is 0.622. The predicted molar refractivity (Wildman–Crippen MR) is 216 cm³/mol. The number of nitrogens with zero attached hydrogens (tertiary/aromatic N) is 2. The van der Waals surface area contributed by atoms with Crippen molar-refractivity contribution in [3.63, 3.8) is 0 Å². The lowest BCUT2D eigenvalue weighted by Gasteiger charge is -2.32. The highest BCUT2D eigenvalue weighted by Gasteiger charge is 2.50. The van der Waals surface area contributed by atoms with Crippen molar-refractivity contribution in [3.05, 3.63) is 71.8 Å². The van der Waals surface area contributed by atoms with Gasteiger partial charge in [0.05, 0.1) is 18.7 Å². The number of rotatable bonds is 24. The van der Waals surface area contributed by atoms with Gasteiger partial charge in [0.15, 0.2) is 11.6 Å². The summed E-state index contributed by atoms with van der Waals surface area (Å²) >= 11 is 0. The first-order chi connectivity index (χ1) is 26.2. The van der Waals surface area contributed by atoms with Crippen LogP contribution in [0, 0.1) is 23.7 Å². The lowest BCUT2D eigenvalue weighted by Crippen LogP contribution is -2.50. The lowest BCUT2D eigenvalue weighted by molar-refractivity contribution is -0.135. The van der Waals surface area contributed by atoms with Gasteiger partial charge in [-0.25, -0.2) is 0 Å². The second-order valence-electron chi connectivity index (χ2n) is 17.0. The molecular formula is C45H66N4O6. The zero-order chi connectivity index (χ0) is 40.0. The fourth-order valence-electron chi connectivity index (χ4n) is 7.44. The zero-order valence-electron chi connectivity index (χ0n) is 34.2. The number of piperazine rings is 1. The molecule has 0 bridgehead atoms. The number of benzene rings is 2. The van der Waals surface area contributed by atoms with Crippen LogP contribution in [0.5, 0.6) is 0 Å². The average Bonchev–Trinajstić information content (AvgIpc) is 3.91. The number of nitrogens with one attached hydrogen (secondary N) is 2. The van der Waals surface area contributed by atoms with E-state index >= 15 is 0 Å². The number of amides is 2. The number of ketones is 3. The van der Waals surface area contributed by atoms with Gasteiger partial charge in [0, 0.05) is 57.3 Å². The van der Waals surface area contributed by atoms with Gasteiger partial charge in [0.2, 0.25) is 11.8 Å². The molecule has 0 aromatic heterocycles.